The second-order valence-corrected chi connectivity index (χ2v) is 13.8. The third-order valence-corrected chi connectivity index (χ3v) is 8.03. The molecule has 46 heavy (non-hydrogen) atoms. The molecule has 18 heteroatoms. The zero-order chi connectivity index (χ0) is 34.4. The lowest BCUT2D eigenvalue weighted by atomic mass is 9.97. The minimum atomic E-state index is -1.09. The van der Waals surface area contributed by atoms with E-state index in [-0.39, 0.29) is 22.3 Å². The van der Waals surface area contributed by atoms with Crippen molar-refractivity contribution >= 4 is 69.6 Å². The van der Waals surface area contributed by atoms with Gasteiger partial charge in [0.1, 0.15) is 22.8 Å². The molecule has 3 N–H and O–H groups in total. The Kier molecular flexibility index (Phi) is 11.6. The summed E-state index contributed by atoms with van der Waals surface area (Å²) >= 11 is 2.27. The Hall–Kier alpha value is -4.45. The van der Waals surface area contributed by atoms with Crippen molar-refractivity contribution in [3.05, 3.63) is 35.0 Å². The molecule has 2 atom stereocenters. The number of allylic oxidation sites excluding steroid dienone is 1. The molecule has 0 aliphatic carbocycles. The fourth-order valence-corrected chi connectivity index (χ4v) is 5.46. The molecule has 0 radical (unpaired) electrons. The molecular formula is C28H35N5O11S2. The number of oxime groups is 1. The third-order valence-electron chi connectivity index (χ3n) is 6.06. The van der Waals surface area contributed by atoms with Crippen LogP contribution in [0.5, 0.6) is 0 Å². The van der Waals surface area contributed by atoms with Crippen LogP contribution in [0, 0.1) is 10.8 Å². The number of nitrogens with two attached hydrogens (primary N) is 1. The maximum Gasteiger partial charge on any atom is 0.358 e. The number of thioether (sulfide) groups is 1. The first kappa shape index (κ1) is 36.0. The number of thiazole rings is 1. The summed E-state index contributed by atoms with van der Waals surface area (Å²) in [6.45, 7) is 11.5. The van der Waals surface area contributed by atoms with Gasteiger partial charge in [0.2, 0.25) is 20.2 Å². The summed E-state index contributed by atoms with van der Waals surface area (Å²) < 4.78 is 19.7. The molecule has 250 valence electrons. The Labute approximate surface area is 272 Å². The maximum absolute atomic E-state index is 13.3. The number of esters is 4. The molecule has 2 aliphatic heterocycles. The number of nitrogens with one attached hydrogen (secondary N) is 1. The molecule has 3 heterocycles. The van der Waals surface area contributed by atoms with Crippen molar-refractivity contribution in [1.29, 1.82) is 0 Å². The summed E-state index contributed by atoms with van der Waals surface area (Å²) in [4.78, 5) is 85.5. The number of β-lactam (4-membered cyclic amide) rings is 1. The van der Waals surface area contributed by atoms with Gasteiger partial charge >= 0.3 is 23.9 Å². The summed E-state index contributed by atoms with van der Waals surface area (Å²) in [7, 11) is 0. The summed E-state index contributed by atoms with van der Waals surface area (Å²) in [6, 6.07) is -1.09. The van der Waals surface area contributed by atoms with E-state index in [2.05, 4.69) is 22.0 Å². The quantitative estimate of drug-likeness (QED) is 0.105. The average Bonchev–Trinajstić information content (AvgIpc) is 3.41. The predicted molar refractivity (Wildman–Crippen MR) is 164 cm³/mol. The second kappa shape index (κ2) is 14.8. The number of nitrogens with zero attached hydrogens (tertiary/aromatic N) is 3. The molecule has 0 spiro atoms. The number of hydrogen-bond acceptors (Lipinski definition) is 16. The van der Waals surface area contributed by atoms with Crippen LogP contribution in [0.3, 0.4) is 0 Å². The predicted octanol–water partition coefficient (Wildman–Crippen LogP) is 1.47. The fourth-order valence-electron chi connectivity index (χ4n) is 3.58. The zero-order valence-electron chi connectivity index (χ0n) is 26.1. The van der Waals surface area contributed by atoms with Crippen molar-refractivity contribution in [2.75, 3.05) is 31.7 Å². The van der Waals surface area contributed by atoms with Gasteiger partial charge in [-0.3, -0.25) is 24.1 Å². The van der Waals surface area contributed by atoms with Crippen LogP contribution < -0.4 is 11.1 Å². The van der Waals surface area contributed by atoms with Gasteiger partial charge in [0.05, 0.1) is 10.8 Å². The lowest BCUT2D eigenvalue weighted by Gasteiger charge is -2.49. The van der Waals surface area contributed by atoms with E-state index in [1.54, 1.807) is 41.5 Å². The topological polar surface area (TPSA) is 215 Å². The Morgan fingerprint density at radius 3 is 2.22 bits per heavy atom. The molecule has 1 unspecified atom stereocenters. The largest absolute Gasteiger partial charge is 0.427 e. The SMILES string of the molecule is C=CC1=C(C(=O)OCOC(=O)C(C)(C)C)N2C(=O)C(NC(=O)C(=NOCC(=O)OCOC(=O)C(C)(C)C)c3csc(N)n3)[C@@H]2SC1. The first-order valence-corrected chi connectivity index (χ1v) is 15.6. The van der Waals surface area contributed by atoms with Crippen molar-refractivity contribution in [1.82, 2.24) is 15.2 Å². The zero-order valence-corrected chi connectivity index (χ0v) is 27.7. The fraction of sp³-hybridized carbons (Fsp3) is 0.500. The summed E-state index contributed by atoms with van der Waals surface area (Å²) in [6.07, 6.45) is 1.41. The average molecular weight is 682 g/mol. The minimum absolute atomic E-state index is 0.00955. The molecular weight excluding hydrogens is 646 g/mol. The van der Waals surface area contributed by atoms with E-state index in [9.17, 15) is 28.8 Å². The van der Waals surface area contributed by atoms with Crippen molar-refractivity contribution in [3.63, 3.8) is 0 Å². The number of carbonyl (C=O) groups excluding carboxylic acids is 6. The van der Waals surface area contributed by atoms with Gasteiger partial charge in [-0.15, -0.1) is 23.1 Å². The van der Waals surface area contributed by atoms with Crippen LogP contribution in [-0.2, 0) is 52.6 Å². The highest BCUT2D eigenvalue weighted by atomic mass is 32.2. The lowest BCUT2D eigenvalue weighted by Crippen LogP contribution is -2.71. The summed E-state index contributed by atoms with van der Waals surface area (Å²) in [5, 5.41) is 7.11. The van der Waals surface area contributed by atoms with Crippen molar-refractivity contribution < 1.29 is 52.6 Å². The van der Waals surface area contributed by atoms with Gasteiger partial charge in [-0.25, -0.2) is 14.6 Å². The molecule has 0 aromatic carbocycles. The van der Waals surface area contributed by atoms with Gasteiger partial charge in [-0.1, -0.05) is 17.8 Å². The van der Waals surface area contributed by atoms with Crippen LogP contribution in [0.4, 0.5) is 5.13 Å². The smallest absolute Gasteiger partial charge is 0.358 e. The standard InChI is InChI=1S/C28H35N5O11S2/c1-8-14-10-45-22-18(21(36)33(22)19(14)23(37)41-13-43-25(39)28(5,6)7)31-20(35)17(15-11-46-26(29)30-15)32-44-9-16(34)40-12-42-24(38)27(2,3)4/h8,11,18,22H,1,9-10,12-13H2,2-7H3,(H2,29,30)(H,31,35)/t18?,22-/m0/s1. The van der Waals surface area contributed by atoms with E-state index in [1.807, 2.05) is 0 Å². The molecule has 3 rings (SSSR count). The van der Waals surface area contributed by atoms with E-state index >= 15 is 0 Å². The molecule has 0 saturated carbocycles. The van der Waals surface area contributed by atoms with Crippen LogP contribution in [-0.4, -0.2) is 88.6 Å². The van der Waals surface area contributed by atoms with Crippen molar-refractivity contribution in [2.45, 2.75) is 53.0 Å². The second-order valence-electron chi connectivity index (χ2n) is 11.8. The van der Waals surface area contributed by atoms with Gasteiger partial charge in [0.25, 0.3) is 11.8 Å². The molecule has 1 saturated heterocycles. The third kappa shape index (κ3) is 8.84. The van der Waals surface area contributed by atoms with E-state index in [0.717, 1.165) is 11.3 Å². The number of fused-ring (bicyclic) bond motifs is 1. The highest BCUT2D eigenvalue weighted by Crippen LogP contribution is 2.41. The van der Waals surface area contributed by atoms with E-state index in [4.69, 9.17) is 29.5 Å². The Morgan fingerprint density at radius 2 is 1.67 bits per heavy atom. The number of hydrogen-bond donors (Lipinski definition) is 2. The number of carbonyl (C=O) groups is 6. The number of anilines is 1. The monoisotopic (exact) mass is 681 g/mol. The minimum Gasteiger partial charge on any atom is -0.427 e. The van der Waals surface area contributed by atoms with Gasteiger partial charge in [-0.05, 0) is 47.1 Å². The van der Waals surface area contributed by atoms with Crippen molar-refractivity contribution in [3.8, 4) is 0 Å². The molecule has 0 bridgehead atoms. The van der Waals surface area contributed by atoms with Gasteiger partial charge < -0.3 is 34.8 Å². The maximum atomic E-state index is 13.3. The number of rotatable bonds is 12. The normalized spacial score (nSPS) is 18.1. The van der Waals surface area contributed by atoms with Crippen molar-refractivity contribution in [2.24, 2.45) is 16.0 Å². The number of nitrogen functional groups attached to an aromatic ring is 1. The molecule has 2 amide bonds. The number of aromatic nitrogens is 1. The Bertz CT molecular complexity index is 1470. The van der Waals surface area contributed by atoms with Crippen LogP contribution in [0.15, 0.2) is 34.5 Å². The van der Waals surface area contributed by atoms with E-state index in [0.29, 0.717) is 5.57 Å². The molecule has 1 aromatic rings. The molecule has 2 aliphatic rings. The Morgan fingerprint density at radius 1 is 1.07 bits per heavy atom. The van der Waals surface area contributed by atoms with Gasteiger partial charge in [0, 0.05) is 11.1 Å². The molecule has 16 nitrogen and oxygen atoms in total. The lowest BCUT2D eigenvalue weighted by molar-refractivity contribution is -0.176. The van der Waals surface area contributed by atoms with E-state index < -0.39 is 83.8 Å². The van der Waals surface area contributed by atoms with E-state index in [1.165, 1.54) is 28.1 Å². The summed E-state index contributed by atoms with van der Waals surface area (Å²) in [5.74, 6) is -4.27. The highest BCUT2D eigenvalue weighted by molar-refractivity contribution is 8.00. The molecule has 1 fully saturated rings. The van der Waals surface area contributed by atoms with Crippen LogP contribution in [0.1, 0.15) is 47.2 Å². The van der Waals surface area contributed by atoms with Gasteiger partial charge in [0.15, 0.2) is 10.8 Å². The summed E-state index contributed by atoms with van der Waals surface area (Å²) in [5.41, 5.74) is 4.05. The number of ether oxygens (including phenoxy) is 4. The first-order valence-electron chi connectivity index (χ1n) is 13.6. The van der Waals surface area contributed by atoms with Crippen LogP contribution in [0.25, 0.3) is 0 Å². The van der Waals surface area contributed by atoms with Crippen LogP contribution >= 0.6 is 23.1 Å². The highest BCUT2D eigenvalue weighted by Gasteiger charge is 2.54. The Balaban J connectivity index is 1.66. The number of amides is 2. The first-order chi connectivity index (χ1) is 21.4. The van der Waals surface area contributed by atoms with Gasteiger partial charge in [-0.2, -0.15) is 0 Å². The molecule has 1 aromatic heterocycles. The van der Waals surface area contributed by atoms with Crippen LogP contribution in [0.2, 0.25) is 0 Å².